The molecule has 0 unspecified atom stereocenters. The number of ether oxygens (including phenoxy) is 1. The topological polar surface area (TPSA) is 50.4 Å². The van der Waals surface area contributed by atoms with Crippen molar-refractivity contribution in [1.82, 2.24) is 5.32 Å². The van der Waals surface area contributed by atoms with E-state index in [-0.39, 0.29) is 10.9 Å². The van der Waals surface area contributed by atoms with Gasteiger partial charge in [0.25, 0.3) is 0 Å². The van der Waals surface area contributed by atoms with E-state index in [2.05, 4.69) is 10.6 Å². The molecule has 0 saturated carbocycles. The van der Waals surface area contributed by atoms with Crippen molar-refractivity contribution >= 4 is 23.2 Å². The molecule has 0 aliphatic rings. The molecular weight excluding hydrogens is 319 g/mol. The molecule has 6 heteroatoms. The van der Waals surface area contributed by atoms with E-state index in [9.17, 15) is 9.18 Å². The molecule has 4 nitrogen and oxygen atoms in total. The van der Waals surface area contributed by atoms with Gasteiger partial charge in [-0.3, -0.25) is 4.79 Å². The van der Waals surface area contributed by atoms with E-state index in [1.807, 2.05) is 24.3 Å². The molecule has 0 heterocycles. The van der Waals surface area contributed by atoms with Crippen LogP contribution >= 0.6 is 11.6 Å². The number of methoxy groups -OCH3 is 1. The molecule has 0 saturated heterocycles. The number of amides is 1. The highest BCUT2D eigenvalue weighted by Crippen LogP contribution is 2.22. The minimum atomic E-state index is -0.446. The fourth-order valence-corrected chi connectivity index (χ4v) is 2.15. The molecule has 2 aromatic rings. The second kappa shape index (κ2) is 7.94. The van der Waals surface area contributed by atoms with Crippen LogP contribution in [0.15, 0.2) is 42.5 Å². The Bertz CT molecular complexity index is 677. The minimum Gasteiger partial charge on any atom is -0.497 e. The monoisotopic (exact) mass is 336 g/mol. The summed E-state index contributed by atoms with van der Waals surface area (Å²) in [6.45, 7) is 2.28. The fourth-order valence-electron chi connectivity index (χ4n) is 1.94. The molecule has 0 spiro atoms. The van der Waals surface area contributed by atoms with E-state index in [1.165, 1.54) is 12.1 Å². The number of halogens is 2. The molecule has 1 atom stereocenters. The molecule has 23 heavy (non-hydrogen) atoms. The Balaban J connectivity index is 1.89. The molecule has 2 rings (SSSR count). The van der Waals surface area contributed by atoms with Crippen molar-refractivity contribution < 1.29 is 13.9 Å². The first-order valence-electron chi connectivity index (χ1n) is 7.12. The highest BCUT2D eigenvalue weighted by molar-refractivity contribution is 6.33. The number of benzene rings is 2. The summed E-state index contributed by atoms with van der Waals surface area (Å²) in [7, 11) is 1.61. The van der Waals surface area contributed by atoms with E-state index >= 15 is 0 Å². The average Bonchev–Trinajstić information content (AvgIpc) is 2.55. The maximum atomic E-state index is 13.0. The second-order valence-corrected chi connectivity index (χ2v) is 5.47. The number of hydrogen-bond acceptors (Lipinski definition) is 3. The maximum Gasteiger partial charge on any atom is 0.241 e. The summed E-state index contributed by atoms with van der Waals surface area (Å²) in [6.07, 6.45) is 0. The Kier molecular flexibility index (Phi) is 5.96. The number of carbonyl (C=O) groups is 1. The van der Waals surface area contributed by atoms with Gasteiger partial charge in [-0.2, -0.15) is 0 Å². The molecule has 1 amide bonds. The lowest BCUT2D eigenvalue weighted by atomic mass is 10.2. The van der Waals surface area contributed by atoms with E-state index < -0.39 is 11.9 Å². The van der Waals surface area contributed by atoms with Crippen LogP contribution < -0.4 is 15.4 Å². The summed E-state index contributed by atoms with van der Waals surface area (Å²) in [5.74, 6) is 0.0937. The second-order valence-electron chi connectivity index (χ2n) is 5.06. The highest BCUT2D eigenvalue weighted by Gasteiger charge is 2.14. The molecule has 0 bridgehead atoms. The van der Waals surface area contributed by atoms with Gasteiger partial charge < -0.3 is 15.4 Å². The van der Waals surface area contributed by atoms with Gasteiger partial charge in [-0.05, 0) is 42.8 Å². The van der Waals surface area contributed by atoms with Crippen molar-refractivity contribution in [3.8, 4) is 5.75 Å². The Morgan fingerprint density at radius 3 is 2.57 bits per heavy atom. The van der Waals surface area contributed by atoms with Crippen LogP contribution in [0.3, 0.4) is 0 Å². The number of carbonyl (C=O) groups excluding carboxylic acids is 1. The summed E-state index contributed by atoms with van der Waals surface area (Å²) in [5.41, 5.74) is 1.42. The molecule has 2 N–H and O–H groups in total. The van der Waals surface area contributed by atoms with E-state index in [0.717, 1.165) is 17.4 Å². The molecule has 2 aromatic carbocycles. The fraction of sp³-hybridized carbons (Fsp3) is 0.235. The lowest BCUT2D eigenvalue weighted by Crippen LogP contribution is -2.37. The maximum absolute atomic E-state index is 13.0. The Morgan fingerprint density at radius 2 is 1.96 bits per heavy atom. The summed E-state index contributed by atoms with van der Waals surface area (Å²) in [5, 5.41) is 5.96. The van der Waals surface area contributed by atoms with Gasteiger partial charge in [0.05, 0.1) is 23.9 Å². The van der Waals surface area contributed by atoms with Crippen molar-refractivity contribution in [1.29, 1.82) is 0 Å². The zero-order valence-corrected chi connectivity index (χ0v) is 13.7. The van der Waals surface area contributed by atoms with Crippen LogP contribution in [-0.4, -0.2) is 19.1 Å². The zero-order chi connectivity index (χ0) is 16.8. The lowest BCUT2D eigenvalue weighted by Gasteiger charge is -2.15. The van der Waals surface area contributed by atoms with Crippen LogP contribution in [-0.2, 0) is 11.3 Å². The SMILES string of the molecule is COc1ccc(CN[C@@H](C)C(=O)Nc2ccc(F)cc2Cl)cc1. The third-order valence-electron chi connectivity index (χ3n) is 3.35. The van der Waals surface area contributed by atoms with Crippen molar-refractivity contribution in [2.75, 3.05) is 12.4 Å². The molecule has 0 aromatic heterocycles. The molecular formula is C17H18ClFN2O2. The summed E-state index contributed by atoms with van der Waals surface area (Å²) < 4.78 is 18.1. The van der Waals surface area contributed by atoms with Gasteiger partial charge in [0.1, 0.15) is 11.6 Å². The third kappa shape index (κ3) is 4.94. The number of nitrogens with one attached hydrogen (secondary N) is 2. The molecule has 0 radical (unpaired) electrons. The Morgan fingerprint density at radius 1 is 1.26 bits per heavy atom. The molecule has 0 aliphatic heterocycles. The Hall–Kier alpha value is -2.11. The van der Waals surface area contributed by atoms with Gasteiger partial charge in [-0.25, -0.2) is 4.39 Å². The van der Waals surface area contributed by atoms with Crippen molar-refractivity contribution in [3.63, 3.8) is 0 Å². The van der Waals surface area contributed by atoms with Gasteiger partial charge in [-0.1, -0.05) is 23.7 Å². The van der Waals surface area contributed by atoms with Gasteiger partial charge in [0.2, 0.25) is 5.91 Å². The summed E-state index contributed by atoms with van der Waals surface area (Å²) >= 11 is 5.89. The molecule has 0 fully saturated rings. The number of rotatable bonds is 6. The van der Waals surface area contributed by atoms with Crippen LogP contribution in [0, 0.1) is 5.82 Å². The smallest absolute Gasteiger partial charge is 0.241 e. The van der Waals surface area contributed by atoms with Gasteiger partial charge in [0, 0.05) is 6.54 Å². The Labute approximate surface area is 139 Å². The van der Waals surface area contributed by atoms with Crippen LogP contribution in [0.4, 0.5) is 10.1 Å². The van der Waals surface area contributed by atoms with Crippen LogP contribution in [0.25, 0.3) is 0 Å². The van der Waals surface area contributed by atoms with Gasteiger partial charge in [0.15, 0.2) is 0 Å². The van der Waals surface area contributed by atoms with Crippen molar-refractivity contribution in [2.24, 2.45) is 0 Å². The van der Waals surface area contributed by atoms with Gasteiger partial charge >= 0.3 is 0 Å². The standard InChI is InChI=1S/C17H18ClFN2O2/c1-11(20-10-12-3-6-14(23-2)7-4-12)17(22)21-16-8-5-13(19)9-15(16)18/h3-9,11,20H,10H2,1-2H3,(H,21,22)/t11-/m0/s1. The van der Waals surface area contributed by atoms with E-state index in [0.29, 0.717) is 12.2 Å². The third-order valence-corrected chi connectivity index (χ3v) is 3.67. The van der Waals surface area contributed by atoms with E-state index in [4.69, 9.17) is 16.3 Å². The first-order valence-corrected chi connectivity index (χ1v) is 7.49. The first-order chi connectivity index (χ1) is 11.0. The largest absolute Gasteiger partial charge is 0.497 e. The highest BCUT2D eigenvalue weighted by atomic mass is 35.5. The van der Waals surface area contributed by atoms with Gasteiger partial charge in [-0.15, -0.1) is 0 Å². The summed E-state index contributed by atoms with van der Waals surface area (Å²) in [4.78, 5) is 12.1. The van der Waals surface area contributed by atoms with Crippen LogP contribution in [0.5, 0.6) is 5.75 Å². The first kappa shape index (κ1) is 17.2. The zero-order valence-electron chi connectivity index (χ0n) is 12.9. The van der Waals surface area contributed by atoms with Crippen LogP contribution in [0.1, 0.15) is 12.5 Å². The number of hydrogen-bond donors (Lipinski definition) is 2. The minimum absolute atomic E-state index is 0.167. The van der Waals surface area contributed by atoms with Crippen molar-refractivity contribution in [2.45, 2.75) is 19.5 Å². The predicted molar refractivity (Wildman–Crippen MR) is 89.3 cm³/mol. The van der Waals surface area contributed by atoms with Crippen molar-refractivity contribution in [3.05, 3.63) is 58.9 Å². The quantitative estimate of drug-likeness (QED) is 0.847. The number of anilines is 1. The predicted octanol–water partition coefficient (Wildman–Crippen LogP) is 3.60. The normalized spacial score (nSPS) is 11.8. The van der Waals surface area contributed by atoms with E-state index in [1.54, 1.807) is 14.0 Å². The average molecular weight is 337 g/mol. The molecule has 122 valence electrons. The van der Waals surface area contributed by atoms with Crippen LogP contribution in [0.2, 0.25) is 5.02 Å². The molecule has 0 aliphatic carbocycles. The lowest BCUT2D eigenvalue weighted by molar-refractivity contribution is -0.117. The summed E-state index contributed by atoms with van der Waals surface area (Å²) in [6, 6.07) is 11.0.